The average molecular weight is 272 g/mol. The van der Waals surface area contributed by atoms with Gasteiger partial charge in [-0.25, -0.2) is 4.79 Å². The minimum absolute atomic E-state index is 0. The molecule has 0 spiro atoms. The Kier molecular flexibility index (Phi) is 4.60. The maximum absolute atomic E-state index is 10.5. The average Bonchev–Trinajstić information content (AvgIpc) is 1.94. The van der Waals surface area contributed by atoms with Crippen molar-refractivity contribution >= 4 is 45.9 Å². The van der Waals surface area contributed by atoms with Crippen LogP contribution in [-0.4, -0.2) is 11.1 Å². The lowest BCUT2D eigenvalue weighted by atomic mass is 10.2. The van der Waals surface area contributed by atoms with Crippen molar-refractivity contribution in [2.45, 2.75) is 0 Å². The predicted octanol–water partition coefficient (Wildman–Crippen LogP) is 3.22. The molecule has 1 aromatic carbocycles. The highest BCUT2D eigenvalue weighted by molar-refractivity contribution is 9.10. The number of halogens is 3. The third-order valence-corrected chi connectivity index (χ3v) is 1.98. The summed E-state index contributed by atoms with van der Waals surface area (Å²) in [5.74, 6) is -1.02. The fourth-order valence-corrected chi connectivity index (χ4v) is 1.22. The summed E-state index contributed by atoms with van der Waals surface area (Å²) in [6.45, 7) is 0. The number of carboxylic acids is 1. The third-order valence-electron chi connectivity index (χ3n) is 1.16. The summed E-state index contributed by atoms with van der Waals surface area (Å²) in [5, 5.41) is 8.84. The summed E-state index contributed by atoms with van der Waals surface area (Å²) in [5.41, 5.74) is 0.112. The minimum Gasteiger partial charge on any atom is -0.478 e. The van der Waals surface area contributed by atoms with Crippen LogP contribution >= 0.6 is 39.9 Å². The zero-order valence-corrected chi connectivity index (χ0v) is 8.91. The molecule has 0 saturated heterocycles. The van der Waals surface area contributed by atoms with E-state index >= 15 is 0 Å². The molecule has 0 fully saturated rings. The first-order valence-electron chi connectivity index (χ1n) is 2.79. The van der Waals surface area contributed by atoms with E-state index in [1.54, 1.807) is 6.07 Å². The SMILES string of the molecule is Cl.O=C(O)c1cc(Br)ccc1Cl. The monoisotopic (exact) mass is 270 g/mol. The maximum Gasteiger partial charge on any atom is 0.337 e. The van der Waals surface area contributed by atoms with Crippen LogP contribution in [0, 0.1) is 0 Å². The fourth-order valence-electron chi connectivity index (χ4n) is 0.661. The van der Waals surface area contributed by atoms with Crippen LogP contribution in [0.2, 0.25) is 5.02 Å². The van der Waals surface area contributed by atoms with E-state index in [9.17, 15) is 4.79 Å². The molecule has 66 valence electrons. The predicted molar refractivity (Wildman–Crippen MR) is 53.4 cm³/mol. The summed E-state index contributed by atoms with van der Waals surface area (Å²) >= 11 is 8.73. The molecule has 0 bridgehead atoms. The molecule has 0 heterocycles. The van der Waals surface area contributed by atoms with E-state index in [1.807, 2.05) is 0 Å². The molecule has 12 heavy (non-hydrogen) atoms. The van der Waals surface area contributed by atoms with Gasteiger partial charge in [-0.3, -0.25) is 0 Å². The second-order valence-electron chi connectivity index (χ2n) is 1.93. The van der Waals surface area contributed by atoms with Gasteiger partial charge in [0.2, 0.25) is 0 Å². The molecule has 0 radical (unpaired) electrons. The Morgan fingerprint density at radius 1 is 1.50 bits per heavy atom. The minimum atomic E-state index is -1.02. The molecule has 0 saturated carbocycles. The number of benzene rings is 1. The first-order chi connectivity index (χ1) is 5.11. The number of carbonyl (C=O) groups is 1. The second kappa shape index (κ2) is 4.70. The smallest absolute Gasteiger partial charge is 0.337 e. The Hall–Kier alpha value is -0.250. The van der Waals surface area contributed by atoms with Crippen LogP contribution < -0.4 is 0 Å². The number of hydrogen-bond donors (Lipinski definition) is 1. The van der Waals surface area contributed by atoms with Gasteiger partial charge in [-0.1, -0.05) is 27.5 Å². The first-order valence-corrected chi connectivity index (χ1v) is 3.96. The van der Waals surface area contributed by atoms with Gasteiger partial charge in [0, 0.05) is 4.47 Å². The largest absolute Gasteiger partial charge is 0.478 e. The van der Waals surface area contributed by atoms with Crippen LogP contribution in [0.1, 0.15) is 10.4 Å². The van der Waals surface area contributed by atoms with Crippen LogP contribution in [0.25, 0.3) is 0 Å². The Morgan fingerprint density at radius 2 is 2.08 bits per heavy atom. The van der Waals surface area contributed by atoms with Gasteiger partial charge < -0.3 is 5.11 Å². The lowest BCUT2D eigenvalue weighted by Crippen LogP contribution is -1.96. The van der Waals surface area contributed by atoms with Gasteiger partial charge in [-0.2, -0.15) is 0 Å². The Morgan fingerprint density at radius 3 is 2.50 bits per heavy atom. The lowest BCUT2D eigenvalue weighted by Gasteiger charge is -1.97. The number of hydrogen-bond acceptors (Lipinski definition) is 1. The fraction of sp³-hybridized carbons (Fsp3) is 0. The van der Waals surface area contributed by atoms with Crippen molar-refractivity contribution in [2.24, 2.45) is 0 Å². The van der Waals surface area contributed by atoms with Crippen molar-refractivity contribution in [3.63, 3.8) is 0 Å². The molecule has 0 aliphatic heterocycles. The summed E-state index contributed by atoms with van der Waals surface area (Å²) in [6.07, 6.45) is 0. The lowest BCUT2D eigenvalue weighted by molar-refractivity contribution is 0.0697. The molecule has 1 rings (SSSR count). The molecule has 0 aliphatic carbocycles. The zero-order chi connectivity index (χ0) is 8.43. The van der Waals surface area contributed by atoms with Crippen molar-refractivity contribution in [2.75, 3.05) is 0 Å². The van der Waals surface area contributed by atoms with Gasteiger partial charge in [-0.15, -0.1) is 12.4 Å². The van der Waals surface area contributed by atoms with E-state index < -0.39 is 5.97 Å². The highest BCUT2D eigenvalue weighted by Gasteiger charge is 2.07. The van der Waals surface area contributed by atoms with E-state index in [-0.39, 0.29) is 23.0 Å². The van der Waals surface area contributed by atoms with E-state index in [0.717, 1.165) is 0 Å². The topological polar surface area (TPSA) is 37.3 Å². The molecule has 0 aliphatic rings. The quantitative estimate of drug-likeness (QED) is 0.852. The highest BCUT2D eigenvalue weighted by atomic mass is 79.9. The Labute approximate surface area is 89.1 Å². The number of carboxylic acid groups (broad SMARTS) is 1. The molecule has 0 unspecified atom stereocenters. The molecule has 1 aromatic rings. The Balaban J connectivity index is 0.00000121. The molecular formula is C7H5BrCl2O2. The molecular weight excluding hydrogens is 267 g/mol. The standard InChI is InChI=1S/C7H4BrClO2.ClH/c8-4-1-2-6(9)5(3-4)7(10)11;/h1-3H,(H,10,11);1H. The van der Waals surface area contributed by atoms with Gasteiger partial charge in [0.15, 0.2) is 0 Å². The molecule has 0 aromatic heterocycles. The van der Waals surface area contributed by atoms with Crippen molar-refractivity contribution in [3.05, 3.63) is 33.3 Å². The normalized spacial score (nSPS) is 8.83. The van der Waals surface area contributed by atoms with Crippen LogP contribution in [0.3, 0.4) is 0 Å². The van der Waals surface area contributed by atoms with Crippen LogP contribution in [-0.2, 0) is 0 Å². The molecule has 0 amide bonds. The maximum atomic E-state index is 10.5. The van der Waals surface area contributed by atoms with Crippen molar-refractivity contribution in [1.29, 1.82) is 0 Å². The first kappa shape index (κ1) is 11.8. The van der Waals surface area contributed by atoms with E-state index in [1.165, 1.54) is 12.1 Å². The molecule has 0 atom stereocenters. The number of rotatable bonds is 1. The van der Waals surface area contributed by atoms with Crippen molar-refractivity contribution in [1.82, 2.24) is 0 Å². The van der Waals surface area contributed by atoms with Gasteiger partial charge >= 0.3 is 5.97 Å². The van der Waals surface area contributed by atoms with E-state index in [2.05, 4.69) is 15.9 Å². The van der Waals surface area contributed by atoms with E-state index in [0.29, 0.717) is 4.47 Å². The molecule has 1 N–H and O–H groups in total. The van der Waals surface area contributed by atoms with Crippen LogP contribution in [0.5, 0.6) is 0 Å². The summed E-state index contributed by atoms with van der Waals surface area (Å²) < 4.78 is 0.708. The van der Waals surface area contributed by atoms with Gasteiger partial charge in [0.05, 0.1) is 10.6 Å². The second-order valence-corrected chi connectivity index (χ2v) is 3.25. The van der Waals surface area contributed by atoms with Crippen LogP contribution in [0.4, 0.5) is 0 Å². The summed E-state index contributed by atoms with van der Waals surface area (Å²) in [6, 6.07) is 4.69. The summed E-state index contributed by atoms with van der Waals surface area (Å²) in [7, 11) is 0. The van der Waals surface area contributed by atoms with Gasteiger partial charge in [0.25, 0.3) is 0 Å². The van der Waals surface area contributed by atoms with E-state index in [4.69, 9.17) is 16.7 Å². The molecule has 5 heteroatoms. The molecule has 2 nitrogen and oxygen atoms in total. The van der Waals surface area contributed by atoms with Crippen molar-refractivity contribution < 1.29 is 9.90 Å². The third kappa shape index (κ3) is 2.66. The summed E-state index contributed by atoms with van der Waals surface area (Å²) in [4.78, 5) is 10.5. The highest BCUT2D eigenvalue weighted by Crippen LogP contribution is 2.20. The zero-order valence-electron chi connectivity index (χ0n) is 5.75. The van der Waals surface area contributed by atoms with Crippen LogP contribution in [0.15, 0.2) is 22.7 Å². The van der Waals surface area contributed by atoms with Gasteiger partial charge in [0.1, 0.15) is 0 Å². The Bertz CT molecular complexity index is 301. The number of aromatic carboxylic acids is 1. The van der Waals surface area contributed by atoms with Gasteiger partial charge in [-0.05, 0) is 18.2 Å². The van der Waals surface area contributed by atoms with Crippen molar-refractivity contribution in [3.8, 4) is 0 Å².